The van der Waals surface area contributed by atoms with Crippen LogP contribution >= 0.6 is 23.2 Å². The minimum absolute atomic E-state index is 0.000590. The highest BCUT2D eigenvalue weighted by atomic mass is 35.5. The van der Waals surface area contributed by atoms with Crippen LogP contribution in [0.3, 0.4) is 0 Å². The maximum absolute atomic E-state index is 14.6. The molecule has 45 heavy (non-hydrogen) atoms. The lowest BCUT2D eigenvalue weighted by molar-refractivity contribution is -0.140. The molecule has 0 bridgehead atoms. The van der Waals surface area contributed by atoms with Crippen molar-refractivity contribution in [3.05, 3.63) is 130 Å². The molecule has 1 atom stereocenters. The summed E-state index contributed by atoms with van der Waals surface area (Å²) in [6, 6.07) is 28.3. The van der Waals surface area contributed by atoms with Gasteiger partial charge in [0.2, 0.25) is 11.8 Å². The van der Waals surface area contributed by atoms with Crippen LogP contribution in [0.15, 0.2) is 108 Å². The average molecular weight is 667 g/mol. The Kier molecular flexibility index (Phi) is 11.0. The first kappa shape index (κ1) is 34.0. The minimum atomic E-state index is -4.24. The minimum Gasteiger partial charge on any atom is -0.350 e. The SMILES string of the molecule is Cc1ccccc1CN(C(=O)CN(c1ccc(Cl)c(Cl)c1)S(=O)(=O)c1ccccc1)[C@@H](Cc1ccccc1)C(=O)NC(C)(C)C. The number of halogens is 2. The van der Waals surface area contributed by atoms with Crippen molar-refractivity contribution in [3.8, 4) is 0 Å². The summed E-state index contributed by atoms with van der Waals surface area (Å²) in [6.07, 6.45) is 0.221. The first-order valence-corrected chi connectivity index (χ1v) is 16.7. The van der Waals surface area contributed by atoms with Crippen LogP contribution in [0, 0.1) is 6.92 Å². The first-order valence-electron chi connectivity index (χ1n) is 14.5. The Morgan fingerprint density at radius 2 is 1.42 bits per heavy atom. The van der Waals surface area contributed by atoms with E-state index >= 15 is 0 Å². The molecule has 0 aliphatic rings. The molecule has 7 nitrogen and oxygen atoms in total. The Hall–Kier alpha value is -3.85. The number of nitrogens with zero attached hydrogens (tertiary/aromatic N) is 2. The van der Waals surface area contributed by atoms with Crippen LogP contribution in [-0.4, -0.2) is 43.3 Å². The molecule has 0 aromatic heterocycles. The lowest BCUT2D eigenvalue weighted by Crippen LogP contribution is -2.56. The summed E-state index contributed by atoms with van der Waals surface area (Å²) in [5.41, 5.74) is 2.21. The summed E-state index contributed by atoms with van der Waals surface area (Å²) < 4.78 is 29.2. The van der Waals surface area contributed by atoms with Crippen molar-refractivity contribution < 1.29 is 18.0 Å². The molecule has 0 saturated carbocycles. The maximum atomic E-state index is 14.6. The molecular formula is C35H37Cl2N3O4S. The molecule has 0 aliphatic carbocycles. The second kappa shape index (κ2) is 14.5. The number of aryl methyl sites for hydroxylation is 1. The van der Waals surface area contributed by atoms with E-state index in [-0.39, 0.29) is 39.5 Å². The molecule has 0 spiro atoms. The van der Waals surface area contributed by atoms with E-state index in [4.69, 9.17) is 23.2 Å². The van der Waals surface area contributed by atoms with E-state index in [1.165, 1.54) is 35.2 Å². The normalized spacial score (nSPS) is 12.3. The number of nitrogens with one attached hydrogen (secondary N) is 1. The summed E-state index contributed by atoms with van der Waals surface area (Å²) in [7, 11) is -4.24. The molecule has 0 radical (unpaired) electrons. The lowest BCUT2D eigenvalue weighted by Gasteiger charge is -2.35. The van der Waals surface area contributed by atoms with Gasteiger partial charge in [-0.2, -0.15) is 0 Å². The summed E-state index contributed by atoms with van der Waals surface area (Å²) in [4.78, 5) is 30.0. The summed E-state index contributed by atoms with van der Waals surface area (Å²) >= 11 is 12.5. The average Bonchev–Trinajstić information content (AvgIpc) is 3.00. The van der Waals surface area contributed by atoms with E-state index in [0.29, 0.717) is 0 Å². The molecule has 4 aromatic carbocycles. The van der Waals surface area contributed by atoms with Gasteiger partial charge < -0.3 is 10.2 Å². The highest BCUT2D eigenvalue weighted by molar-refractivity contribution is 7.92. The predicted octanol–water partition coefficient (Wildman–Crippen LogP) is 7.05. The van der Waals surface area contributed by atoms with Gasteiger partial charge in [-0.15, -0.1) is 0 Å². The molecule has 4 rings (SSSR count). The van der Waals surface area contributed by atoms with Gasteiger partial charge in [-0.3, -0.25) is 13.9 Å². The van der Waals surface area contributed by atoms with Gasteiger partial charge in [0.1, 0.15) is 12.6 Å². The molecule has 0 saturated heterocycles. The van der Waals surface area contributed by atoms with Gasteiger partial charge >= 0.3 is 0 Å². The number of benzene rings is 4. The van der Waals surface area contributed by atoms with Crippen LogP contribution in [0.1, 0.15) is 37.5 Å². The molecule has 0 unspecified atom stereocenters. The Morgan fingerprint density at radius 3 is 2.02 bits per heavy atom. The highest BCUT2D eigenvalue weighted by Gasteiger charge is 2.36. The number of carbonyl (C=O) groups is 2. The number of rotatable bonds is 11. The summed E-state index contributed by atoms with van der Waals surface area (Å²) in [5, 5.41) is 3.41. The first-order chi connectivity index (χ1) is 21.3. The van der Waals surface area contributed by atoms with E-state index in [1.807, 2.05) is 82.3 Å². The van der Waals surface area contributed by atoms with Crippen molar-refractivity contribution in [2.45, 2.75) is 57.1 Å². The molecule has 0 fully saturated rings. The number of hydrogen-bond acceptors (Lipinski definition) is 4. The van der Waals surface area contributed by atoms with Gasteiger partial charge in [-0.1, -0.05) is 96.0 Å². The second-order valence-corrected chi connectivity index (χ2v) is 14.5. The van der Waals surface area contributed by atoms with Crippen molar-refractivity contribution >= 4 is 50.7 Å². The quantitative estimate of drug-likeness (QED) is 0.186. The molecule has 1 N–H and O–H groups in total. The zero-order valence-corrected chi connectivity index (χ0v) is 28.0. The fourth-order valence-corrected chi connectivity index (χ4v) is 6.59. The Balaban J connectivity index is 1.84. The van der Waals surface area contributed by atoms with Crippen LogP contribution < -0.4 is 9.62 Å². The Bertz CT molecular complexity index is 1740. The van der Waals surface area contributed by atoms with Crippen molar-refractivity contribution in [1.29, 1.82) is 0 Å². The van der Waals surface area contributed by atoms with Crippen LogP contribution in [-0.2, 0) is 32.6 Å². The molecule has 0 heterocycles. The van der Waals surface area contributed by atoms with Crippen LogP contribution in [0.4, 0.5) is 5.69 Å². The van der Waals surface area contributed by atoms with E-state index in [9.17, 15) is 18.0 Å². The largest absolute Gasteiger partial charge is 0.350 e. The third-order valence-corrected chi connectivity index (χ3v) is 9.70. The zero-order valence-electron chi connectivity index (χ0n) is 25.7. The fourth-order valence-electron chi connectivity index (χ4n) is 4.87. The molecule has 4 aromatic rings. The molecular weight excluding hydrogens is 629 g/mol. The third-order valence-electron chi connectivity index (χ3n) is 7.17. The van der Waals surface area contributed by atoms with Crippen LogP contribution in [0.5, 0.6) is 0 Å². The van der Waals surface area contributed by atoms with Crippen molar-refractivity contribution in [2.75, 3.05) is 10.8 Å². The second-order valence-electron chi connectivity index (χ2n) is 11.8. The fraction of sp³-hybridized carbons (Fsp3) is 0.257. The van der Waals surface area contributed by atoms with E-state index in [1.54, 1.807) is 18.2 Å². The standard InChI is InChI=1S/C35H37Cl2N3O4S/c1-25-13-11-12-16-27(25)23-39(32(34(42)38-35(2,3)4)21-26-14-7-5-8-15-26)33(41)24-40(28-19-20-30(36)31(37)22-28)45(43,44)29-17-9-6-10-18-29/h5-20,22,32H,21,23-24H2,1-4H3,(H,38,42)/t32-/m0/s1. The van der Waals surface area contributed by atoms with Crippen molar-refractivity contribution in [2.24, 2.45) is 0 Å². The number of carbonyl (C=O) groups excluding carboxylic acids is 2. The van der Waals surface area contributed by atoms with E-state index < -0.39 is 34.1 Å². The highest BCUT2D eigenvalue weighted by Crippen LogP contribution is 2.31. The third kappa shape index (κ3) is 8.87. The monoisotopic (exact) mass is 665 g/mol. The molecule has 10 heteroatoms. The topological polar surface area (TPSA) is 86.8 Å². The van der Waals surface area contributed by atoms with Crippen LogP contribution in [0.2, 0.25) is 10.0 Å². The maximum Gasteiger partial charge on any atom is 0.264 e. The Morgan fingerprint density at radius 1 is 0.822 bits per heavy atom. The smallest absolute Gasteiger partial charge is 0.264 e. The van der Waals surface area contributed by atoms with Gasteiger partial charge in [0.15, 0.2) is 0 Å². The zero-order chi connectivity index (χ0) is 32.8. The van der Waals surface area contributed by atoms with E-state index in [2.05, 4.69) is 5.32 Å². The van der Waals surface area contributed by atoms with Crippen molar-refractivity contribution in [1.82, 2.24) is 10.2 Å². The van der Waals surface area contributed by atoms with E-state index in [0.717, 1.165) is 21.0 Å². The van der Waals surface area contributed by atoms with Gasteiger partial charge in [0, 0.05) is 18.5 Å². The molecule has 2 amide bonds. The predicted molar refractivity (Wildman–Crippen MR) is 181 cm³/mol. The molecule has 236 valence electrons. The van der Waals surface area contributed by atoms with Crippen LogP contribution in [0.25, 0.3) is 0 Å². The number of anilines is 1. The van der Waals surface area contributed by atoms with Gasteiger partial charge in [-0.05, 0) is 74.7 Å². The molecule has 0 aliphatic heterocycles. The van der Waals surface area contributed by atoms with Gasteiger partial charge in [-0.25, -0.2) is 8.42 Å². The lowest BCUT2D eigenvalue weighted by atomic mass is 10.00. The number of sulfonamides is 1. The van der Waals surface area contributed by atoms with Crippen molar-refractivity contribution in [3.63, 3.8) is 0 Å². The van der Waals surface area contributed by atoms with Gasteiger partial charge in [0.05, 0.1) is 20.6 Å². The summed E-state index contributed by atoms with van der Waals surface area (Å²) in [6.45, 7) is 7.04. The Labute approximate surface area is 275 Å². The number of hydrogen-bond donors (Lipinski definition) is 1. The summed E-state index contributed by atoms with van der Waals surface area (Å²) in [5.74, 6) is -0.908. The van der Waals surface area contributed by atoms with Gasteiger partial charge in [0.25, 0.3) is 10.0 Å². The number of amides is 2.